The summed E-state index contributed by atoms with van der Waals surface area (Å²) in [5.74, 6) is 0.515. The van der Waals surface area contributed by atoms with Gasteiger partial charge in [0.2, 0.25) is 0 Å². The zero-order valence-corrected chi connectivity index (χ0v) is 13.7. The number of hydrogen-bond donors (Lipinski definition) is 0. The number of allylic oxidation sites excluding steroid dienone is 1. The van der Waals surface area contributed by atoms with E-state index in [1.165, 1.54) is 5.57 Å². The maximum Gasteiger partial charge on any atom is 0.0936 e. The second-order valence-corrected chi connectivity index (χ2v) is 7.61. The number of fused-ring (bicyclic) bond motifs is 2. The first kappa shape index (κ1) is 14.5. The molecule has 2 heterocycles. The summed E-state index contributed by atoms with van der Waals surface area (Å²) in [5, 5.41) is 0. The smallest absolute Gasteiger partial charge is 0.0936 e. The largest absolute Gasteiger partial charge is 0.371 e. The van der Waals surface area contributed by atoms with E-state index < -0.39 is 0 Å². The van der Waals surface area contributed by atoms with Crippen LogP contribution in [0.5, 0.6) is 0 Å². The van der Waals surface area contributed by atoms with Gasteiger partial charge in [0.25, 0.3) is 0 Å². The molecule has 0 unspecified atom stereocenters. The summed E-state index contributed by atoms with van der Waals surface area (Å²) in [6.07, 6.45) is 4.42. The Balaban J connectivity index is 2.07. The van der Waals surface area contributed by atoms with Crippen molar-refractivity contribution in [2.24, 2.45) is 5.92 Å². The van der Waals surface area contributed by atoms with E-state index in [4.69, 9.17) is 9.47 Å². The van der Waals surface area contributed by atoms with Crippen LogP contribution in [-0.4, -0.2) is 28.7 Å². The first-order valence-electron chi connectivity index (χ1n) is 6.89. The first-order valence-corrected chi connectivity index (χ1v) is 7.81. The van der Waals surface area contributed by atoms with Gasteiger partial charge in [-0.05, 0) is 33.1 Å². The minimum Gasteiger partial charge on any atom is -0.371 e. The van der Waals surface area contributed by atoms with Gasteiger partial charge in [-0.1, -0.05) is 41.4 Å². The van der Waals surface area contributed by atoms with E-state index in [-0.39, 0.29) is 17.3 Å². The van der Waals surface area contributed by atoms with E-state index in [2.05, 4.69) is 56.6 Å². The lowest BCUT2D eigenvalue weighted by atomic mass is 9.75. The maximum atomic E-state index is 6.40. The number of ether oxygens (including phenoxy) is 2. The summed E-state index contributed by atoms with van der Waals surface area (Å²) in [7, 11) is 0. The molecule has 2 aliphatic rings. The second kappa shape index (κ2) is 4.92. The van der Waals surface area contributed by atoms with Crippen LogP contribution in [0.15, 0.2) is 11.6 Å². The van der Waals surface area contributed by atoms with Gasteiger partial charge in [-0.25, -0.2) is 0 Å². The fourth-order valence-electron chi connectivity index (χ4n) is 3.22. The molecule has 0 amide bonds. The zero-order valence-electron chi connectivity index (χ0n) is 12.1. The molecular weight excluding hydrogens is 292 g/mol. The molecule has 0 radical (unpaired) electrons. The van der Waals surface area contributed by atoms with Crippen molar-refractivity contribution in [3.63, 3.8) is 0 Å². The van der Waals surface area contributed by atoms with Gasteiger partial charge in [0.05, 0.1) is 23.9 Å². The predicted octanol–water partition coefficient (Wildman–Crippen LogP) is 4.08. The van der Waals surface area contributed by atoms with Crippen molar-refractivity contribution in [2.45, 2.75) is 69.6 Å². The van der Waals surface area contributed by atoms with Gasteiger partial charge in [-0.2, -0.15) is 0 Å². The van der Waals surface area contributed by atoms with Crippen LogP contribution in [0.2, 0.25) is 0 Å². The first-order chi connectivity index (χ1) is 8.30. The van der Waals surface area contributed by atoms with E-state index in [9.17, 15) is 0 Å². The molecule has 0 saturated carbocycles. The van der Waals surface area contributed by atoms with E-state index >= 15 is 0 Å². The SMILES string of the molecule is CC(C)=CCO[C@H]1C[C@@]2(C(C)C)O[C@]1(C)C[C@H]2Br. The molecule has 0 aromatic heterocycles. The third-order valence-corrected chi connectivity index (χ3v) is 5.59. The Labute approximate surface area is 119 Å². The topological polar surface area (TPSA) is 18.5 Å². The fraction of sp³-hybridized carbons (Fsp3) is 0.867. The van der Waals surface area contributed by atoms with Crippen LogP contribution in [0, 0.1) is 5.92 Å². The second-order valence-electron chi connectivity index (χ2n) is 6.50. The van der Waals surface area contributed by atoms with Gasteiger partial charge in [-0.15, -0.1) is 0 Å². The molecule has 2 rings (SSSR count). The summed E-state index contributed by atoms with van der Waals surface area (Å²) >= 11 is 3.81. The molecule has 2 aliphatic heterocycles. The molecule has 4 atom stereocenters. The van der Waals surface area contributed by atoms with Crippen LogP contribution >= 0.6 is 15.9 Å². The van der Waals surface area contributed by atoms with Gasteiger partial charge in [0, 0.05) is 11.2 Å². The Morgan fingerprint density at radius 2 is 2.11 bits per heavy atom. The van der Waals surface area contributed by atoms with E-state index in [0.29, 0.717) is 17.4 Å². The van der Waals surface area contributed by atoms with E-state index in [1.54, 1.807) is 0 Å². The van der Waals surface area contributed by atoms with Gasteiger partial charge in [0.1, 0.15) is 0 Å². The summed E-state index contributed by atoms with van der Waals surface area (Å²) in [6, 6.07) is 0. The predicted molar refractivity (Wildman–Crippen MR) is 78.2 cm³/mol. The fourth-order valence-corrected chi connectivity index (χ4v) is 4.67. The minimum atomic E-state index is -0.117. The van der Waals surface area contributed by atoms with Crippen molar-refractivity contribution in [1.29, 1.82) is 0 Å². The summed E-state index contributed by atoms with van der Waals surface area (Å²) in [5.41, 5.74) is 1.15. The molecule has 0 spiro atoms. The van der Waals surface area contributed by atoms with Crippen molar-refractivity contribution >= 4 is 15.9 Å². The zero-order chi connectivity index (χ0) is 13.6. The Kier molecular flexibility index (Phi) is 3.97. The quantitative estimate of drug-likeness (QED) is 0.574. The Bertz CT molecular complexity index is 348. The van der Waals surface area contributed by atoms with Gasteiger partial charge >= 0.3 is 0 Å². The van der Waals surface area contributed by atoms with Crippen LogP contribution in [0.1, 0.15) is 47.5 Å². The molecule has 3 heteroatoms. The molecule has 18 heavy (non-hydrogen) atoms. The maximum absolute atomic E-state index is 6.40. The summed E-state index contributed by atoms with van der Waals surface area (Å²) < 4.78 is 12.5. The molecule has 0 N–H and O–H groups in total. The molecule has 0 aromatic rings. The monoisotopic (exact) mass is 316 g/mol. The molecule has 2 nitrogen and oxygen atoms in total. The van der Waals surface area contributed by atoms with E-state index in [1.807, 2.05) is 0 Å². The summed E-state index contributed by atoms with van der Waals surface area (Å²) in [4.78, 5) is 0.457. The molecule has 2 fully saturated rings. The normalized spacial score (nSPS) is 42.6. The van der Waals surface area contributed by atoms with Gasteiger partial charge in [-0.3, -0.25) is 0 Å². The lowest BCUT2D eigenvalue weighted by Crippen LogP contribution is -2.45. The average molecular weight is 317 g/mol. The third kappa shape index (κ3) is 2.30. The van der Waals surface area contributed by atoms with Crippen LogP contribution in [0.4, 0.5) is 0 Å². The standard InChI is InChI=1S/C15H25BrO2/c1-10(2)6-7-17-13-9-15(11(3)4)12(16)8-14(13,5)18-15/h6,11-13H,7-9H2,1-5H3/t12-,13+,14-,15+/m1/s1. The number of rotatable bonds is 4. The van der Waals surface area contributed by atoms with Gasteiger partial charge in [0.15, 0.2) is 0 Å². The average Bonchev–Trinajstić information content (AvgIpc) is 2.66. The Hall–Kier alpha value is 0.140. The highest BCUT2D eigenvalue weighted by molar-refractivity contribution is 9.09. The van der Waals surface area contributed by atoms with Crippen molar-refractivity contribution in [3.8, 4) is 0 Å². The van der Waals surface area contributed by atoms with Crippen molar-refractivity contribution < 1.29 is 9.47 Å². The van der Waals surface area contributed by atoms with Crippen molar-refractivity contribution in [1.82, 2.24) is 0 Å². The third-order valence-electron chi connectivity index (χ3n) is 4.49. The number of halogens is 1. The lowest BCUT2D eigenvalue weighted by Gasteiger charge is -2.35. The molecule has 2 bridgehead atoms. The van der Waals surface area contributed by atoms with Crippen LogP contribution in [0.3, 0.4) is 0 Å². The molecular formula is C15H25BrO2. The summed E-state index contributed by atoms with van der Waals surface area (Å²) in [6.45, 7) is 11.6. The van der Waals surface area contributed by atoms with Gasteiger partial charge < -0.3 is 9.47 Å². The van der Waals surface area contributed by atoms with Crippen LogP contribution in [0.25, 0.3) is 0 Å². The Morgan fingerprint density at radius 1 is 1.44 bits per heavy atom. The molecule has 0 aliphatic carbocycles. The number of hydrogen-bond acceptors (Lipinski definition) is 2. The lowest BCUT2D eigenvalue weighted by molar-refractivity contribution is -0.0892. The molecule has 2 saturated heterocycles. The van der Waals surface area contributed by atoms with Crippen molar-refractivity contribution in [3.05, 3.63) is 11.6 Å². The van der Waals surface area contributed by atoms with E-state index in [0.717, 1.165) is 12.8 Å². The Morgan fingerprint density at radius 3 is 2.61 bits per heavy atom. The molecule has 104 valence electrons. The van der Waals surface area contributed by atoms with Crippen molar-refractivity contribution in [2.75, 3.05) is 6.61 Å². The minimum absolute atomic E-state index is 0.0373. The van der Waals surface area contributed by atoms with Crippen LogP contribution in [-0.2, 0) is 9.47 Å². The van der Waals surface area contributed by atoms with Crippen LogP contribution < -0.4 is 0 Å². The number of alkyl halides is 1. The highest BCUT2D eigenvalue weighted by Gasteiger charge is 2.65. The highest BCUT2D eigenvalue weighted by Crippen LogP contribution is 2.57. The molecule has 0 aromatic carbocycles. The highest BCUT2D eigenvalue weighted by atomic mass is 79.9.